The highest BCUT2D eigenvalue weighted by atomic mass is 32.2. The van der Waals surface area contributed by atoms with Crippen molar-refractivity contribution in [2.45, 2.75) is 49.6 Å². The van der Waals surface area contributed by atoms with Crippen molar-refractivity contribution in [1.82, 2.24) is 19.2 Å². The van der Waals surface area contributed by atoms with E-state index in [1.165, 1.54) is 19.2 Å². The highest BCUT2D eigenvalue weighted by Crippen LogP contribution is 2.18. The van der Waals surface area contributed by atoms with Crippen LogP contribution < -0.4 is 27.8 Å². The van der Waals surface area contributed by atoms with E-state index in [1.807, 2.05) is 25.1 Å². The fourth-order valence-electron chi connectivity index (χ4n) is 4.50. The van der Waals surface area contributed by atoms with Gasteiger partial charge in [0.2, 0.25) is 37.8 Å². The number of likely N-dealkylation sites (N-methyl/N-ethyl adjacent to an activating group) is 1. The lowest BCUT2D eigenvalue weighted by molar-refractivity contribution is -0.129. The number of unbranched alkanes of at least 4 members (excludes halogenated alkanes) is 1. The molecule has 45 heavy (non-hydrogen) atoms. The number of aryl methyl sites for hydroxylation is 1. The number of carbonyl (C=O) groups excluding carboxylic acids is 3. The van der Waals surface area contributed by atoms with Crippen molar-refractivity contribution >= 4 is 37.8 Å². The van der Waals surface area contributed by atoms with Crippen molar-refractivity contribution in [2.24, 2.45) is 17.2 Å². The standard InChI is InChI=1S/C29H45N7O7S2/c1-22-11-13-25(14-12-22)45(42,43)36(20-27(32)37)19-24(18-23-8-4-3-5-9-23)33-29(39)26(10-6-7-15-30)34-28(38)21-35(2)44(40,41)17-16-31/h3-5,8-9,11-14,24,26H,6-7,10,15-21,30-31H2,1-2H3,(H2,32,37)(H,33,39)(H,34,38). The normalized spacial score (nSPS) is 13.4. The van der Waals surface area contributed by atoms with Crippen LogP contribution in [0.4, 0.5) is 0 Å². The SMILES string of the molecule is Cc1ccc(S(=O)(=O)N(CC(N)=O)CC(Cc2ccccc2)NC(=O)C(CCCCN)NC(=O)CN(C)S(=O)(=O)CCN)cc1. The molecule has 2 unspecified atom stereocenters. The lowest BCUT2D eigenvalue weighted by Gasteiger charge is -2.29. The monoisotopic (exact) mass is 667 g/mol. The molecule has 0 fully saturated rings. The molecule has 0 aromatic heterocycles. The molecule has 0 aliphatic rings. The smallest absolute Gasteiger partial charge is 0.243 e. The molecule has 0 bridgehead atoms. The van der Waals surface area contributed by atoms with E-state index in [-0.39, 0.29) is 36.6 Å². The van der Waals surface area contributed by atoms with E-state index >= 15 is 0 Å². The van der Waals surface area contributed by atoms with E-state index in [1.54, 1.807) is 24.3 Å². The number of sulfonamides is 2. The number of amides is 3. The maximum absolute atomic E-state index is 13.7. The van der Waals surface area contributed by atoms with E-state index in [0.717, 1.165) is 19.7 Å². The van der Waals surface area contributed by atoms with Crippen molar-refractivity contribution < 1.29 is 31.2 Å². The summed E-state index contributed by atoms with van der Waals surface area (Å²) in [5.74, 6) is -2.54. The molecule has 0 saturated heterocycles. The lowest BCUT2D eigenvalue weighted by Crippen LogP contribution is -2.55. The predicted molar refractivity (Wildman–Crippen MR) is 172 cm³/mol. The molecule has 0 radical (unpaired) electrons. The Bertz CT molecular complexity index is 1470. The molecule has 0 heterocycles. The van der Waals surface area contributed by atoms with Gasteiger partial charge in [-0.2, -0.15) is 8.61 Å². The molecule has 14 nitrogen and oxygen atoms in total. The topological polar surface area (TPSA) is 228 Å². The first kappa shape index (κ1) is 37.8. The van der Waals surface area contributed by atoms with E-state index in [4.69, 9.17) is 17.2 Å². The van der Waals surface area contributed by atoms with E-state index in [0.29, 0.717) is 19.4 Å². The van der Waals surface area contributed by atoms with Gasteiger partial charge in [-0.3, -0.25) is 14.4 Å². The first-order chi connectivity index (χ1) is 21.2. The molecule has 8 N–H and O–H groups in total. The minimum Gasteiger partial charge on any atom is -0.369 e. The molecule has 2 rings (SSSR count). The Kier molecular flexibility index (Phi) is 15.0. The third-order valence-corrected chi connectivity index (χ3v) is 10.6. The Morgan fingerprint density at radius 1 is 0.867 bits per heavy atom. The van der Waals surface area contributed by atoms with Crippen LogP contribution in [-0.2, 0) is 40.9 Å². The minimum atomic E-state index is -4.20. The number of primary amides is 1. The second-order valence-electron chi connectivity index (χ2n) is 10.7. The average Bonchev–Trinajstić information content (AvgIpc) is 2.96. The van der Waals surface area contributed by atoms with Crippen LogP contribution in [0.2, 0.25) is 0 Å². The third-order valence-electron chi connectivity index (χ3n) is 6.90. The largest absolute Gasteiger partial charge is 0.369 e. The molecule has 0 aliphatic heterocycles. The predicted octanol–water partition coefficient (Wildman–Crippen LogP) is -0.967. The Morgan fingerprint density at radius 3 is 2.09 bits per heavy atom. The van der Waals surface area contributed by atoms with Gasteiger partial charge in [0.05, 0.1) is 23.7 Å². The van der Waals surface area contributed by atoms with Gasteiger partial charge in [-0.15, -0.1) is 0 Å². The Balaban J connectivity index is 2.37. The Morgan fingerprint density at radius 2 is 1.51 bits per heavy atom. The van der Waals surface area contributed by atoms with E-state index in [2.05, 4.69) is 10.6 Å². The van der Waals surface area contributed by atoms with Crippen LogP contribution in [0.1, 0.15) is 30.4 Å². The molecule has 3 amide bonds. The Labute approximate surface area is 265 Å². The highest BCUT2D eigenvalue weighted by molar-refractivity contribution is 7.89. The number of carbonyl (C=O) groups is 3. The number of nitrogens with one attached hydrogen (secondary N) is 2. The van der Waals surface area contributed by atoms with Crippen LogP contribution in [0.3, 0.4) is 0 Å². The molecule has 0 spiro atoms. The first-order valence-corrected chi connectivity index (χ1v) is 17.6. The summed E-state index contributed by atoms with van der Waals surface area (Å²) in [6.45, 7) is 0.590. The summed E-state index contributed by atoms with van der Waals surface area (Å²) >= 11 is 0. The average molecular weight is 668 g/mol. The molecule has 0 saturated carbocycles. The van der Waals surface area contributed by atoms with Gasteiger partial charge >= 0.3 is 0 Å². The second-order valence-corrected chi connectivity index (χ2v) is 14.9. The number of nitrogens with zero attached hydrogens (tertiary/aromatic N) is 2. The van der Waals surface area contributed by atoms with Crippen molar-refractivity contribution in [1.29, 1.82) is 0 Å². The maximum Gasteiger partial charge on any atom is 0.243 e. The molecule has 16 heteroatoms. The maximum atomic E-state index is 13.7. The summed E-state index contributed by atoms with van der Waals surface area (Å²) in [6.07, 6.45) is 1.43. The van der Waals surface area contributed by atoms with Gasteiger partial charge in [0.25, 0.3) is 0 Å². The number of rotatable bonds is 20. The number of nitrogens with two attached hydrogens (primary N) is 3. The second kappa shape index (κ2) is 17.9. The number of hydrogen-bond acceptors (Lipinski definition) is 9. The highest BCUT2D eigenvalue weighted by Gasteiger charge is 2.31. The summed E-state index contributed by atoms with van der Waals surface area (Å²) in [5, 5.41) is 5.45. The van der Waals surface area contributed by atoms with Gasteiger partial charge in [-0.05, 0) is 56.8 Å². The van der Waals surface area contributed by atoms with Crippen LogP contribution >= 0.6 is 0 Å². The summed E-state index contributed by atoms with van der Waals surface area (Å²) in [7, 11) is -6.73. The number of hydrogen-bond donors (Lipinski definition) is 5. The van der Waals surface area contributed by atoms with Crippen molar-refractivity contribution in [3.8, 4) is 0 Å². The van der Waals surface area contributed by atoms with Gasteiger partial charge in [-0.1, -0.05) is 48.0 Å². The zero-order valence-electron chi connectivity index (χ0n) is 25.7. The first-order valence-electron chi connectivity index (χ1n) is 14.5. The quantitative estimate of drug-likeness (QED) is 0.109. The van der Waals surface area contributed by atoms with E-state index < -0.39 is 62.9 Å². The molecule has 2 aromatic carbocycles. The van der Waals surface area contributed by atoms with Gasteiger partial charge in [0.15, 0.2) is 0 Å². The molecular formula is C29H45N7O7S2. The summed E-state index contributed by atoms with van der Waals surface area (Å²) in [4.78, 5) is 38.5. The summed E-state index contributed by atoms with van der Waals surface area (Å²) in [5.41, 5.74) is 18.0. The van der Waals surface area contributed by atoms with Gasteiger partial charge in [0.1, 0.15) is 6.04 Å². The fraction of sp³-hybridized carbons (Fsp3) is 0.483. The zero-order chi connectivity index (χ0) is 33.6. The molecule has 0 aliphatic carbocycles. The molecule has 2 aromatic rings. The van der Waals surface area contributed by atoms with Crippen LogP contribution in [0.5, 0.6) is 0 Å². The Hall–Kier alpha value is -3.41. The summed E-state index contributed by atoms with van der Waals surface area (Å²) < 4.78 is 53.6. The molecule has 2 atom stereocenters. The lowest BCUT2D eigenvalue weighted by atomic mass is 10.0. The van der Waals surface area contributed by atoms with E-state index in [9.17, 15) is 31.2 Å². The minimum absolute atomic E-state index is 0.0419. The van der Waals surface area contributed by atoms with Crippen LogP contribution in [0.15, 0.2) is 59.5 Å². The van der Waals surface area contributed by atoms with Gasteiger partial charge in [0, 0.05) is 26.2 Å². The summed E-state index contributed by atoms with van der Waals surface area (Å²) in [6, 6.07) is 13.2. The fourth-order valence-corrected chi connectivity index (χ4v) is 6.87. The van der Waals surface area contributed by atoms with Crippen molar-refractivity contribution in [3.63, 3.8) is 0 Å². The van der Waals surface area contributed by atoms with Crippen LogP contribution in [-0.4, -0.2) is 101 Å². The van der Waals surface area contributed by atoms with Crippen LogP contribution in [0, 0.1) is 6.92 Å². The third kappa shape index (κ3) is 12.5. The van der Waals surface area contributed by atoms with Crippen LogP contribution in [0.25, 0.3) is 0 Å². The molecular weight excluding hydrogens is 622 g/mol. The van der Waals surface area contributed by atoms with Gasteiger partial charge < -0.3 is 27.8 Å². The number of benzene rings is 2. The van der Waals surface area contributed by atoms with Crippen molar-refractivity contribution in [3.05, 3.63) is 65.7 Å². The van der Waals surface area contributed by atoms with Crippen molar-refractivity contribution in [2.75, 3.05) is 45.5 Å². The molecule has 250 valence electrons. The van der Waals surface area contributed by atoms with Gasteiger partial charge in [-0.25, -0.2) is 16.8 Å². The zero-order valence-corrected chi connectivity index (χ0v) is 27.4.